The molecule has 26 heavy (non-hydrogen) atoms. The van der Waals surface area contributed by atoms with Crippen LogP contribution in [0.4, 0.5) is 0 Å². The first-order valence-corrected chi connectivity index (χ1v) is 8.17. The first-order valence-electron chi connectivity index (χ1n) is 8.17. The van der Waals surface area contributed by atoms with Gasteiger partial charge in [0.2, 0.25) is 5.78 Å². The van der Waals surface area contributed by atoms with Gasteiger partial charge in [0.25, 0.3) is 0 Å². The van der Waals surface area contributed by atoms with E-state index in [0.29, 0.717) is 22.8 Å². The van der Waals surface area contributed by atoms with Gasteiger partial charge in [-0.25, -0.2) is 4.79 Å². The van der Waals surface area contributed by atoms with Crippen molar-refractivity contribution in [1.29, 1.82) is 0 Å². The van der Waals surface area contributed by atoms with E-state index < -0.39 is 11.2 Å². The van der Waals surface area contributed by atoms with Gasteiger partial charge in [0.15, 0.2) is 17.1 Å². The number of carbonyl (C=O) groups is 1. The van der Waals surface area contributed by atoms with Crippen molar-refractivity contribution in [3.63, 3.8) is 0 Å². The molecule has 0 saturated heterocycles. The number of methoxy groups -OCH3 is 1. The minimum absolute atomic E-state index is 0.0626. The van der Waals surface area contributed by atoms with E-state index in [1.54, 1.807) is 39.2 Å². The number of allylic oxidation sites excluding steroid dienone is 1. The predicted molar refractivity (Wildman–Crippen MR) is 96.5 cm³/mol. The highest BCUT2D eigenvalue weighted by atomic mass is 16.5. The van der Waals surface area contributed by atoms with Crippen LogP contribution in [0.3, 0.4) is 0 Å². The molecular weight excluding hydrogens is 336 g/mol. The lowest BCUT2D eigenvalue weighted by Gasteiger charge is -2.18. The average Bonchev–Trinajstić information content (AvgIpc) is 2.87. The monoisotopic (exact) mass is 356 g/mol. The Kier molecular flexibility index (Phi) is 4.59. The molecule has 0 unspecified atom stereocenters. The summed E-state index contributed by atoms with van der Waals surface area (Å²) in [5.41, 5.74) is -0.0370. The summed E-state index contributed by atoms with van der Waals surface area (Å²) >= 11 is 0. The van der Waals surface area contributed by atoms with Gasteiger partial charge in [-0.15, -0.1) is 0 Å². The third kappa shape index (κ3) is 3.49. The molecule has 0 radical (unpaired) electrons. The molecule has 0 aliphatic carbocycles. The zero-order chi connectivity index (χ0) is 18.9. The molecule has 1 aromatic carbocycles. The van der Waals surface area contributed by atoms with Gasteiger partial charge < -0.3 is 18.6 Å². The Balaban J connectivity index is 1.78. The van der Waals surface area contributed by atoms with Crippen LogP contribution >= 0.6 is 0 Å². The molecular formula is C20H20O6. The lowest BCUT2D eigenvalue weighted by molar-refractivity contribution is -0.126. The van der Waals surface area contributed by atoms with Crippen molar-refractivity contribution >= 4 is 16.8 Å². The highest BCUT2D eigenvalue weighted by Gasteiger charge is 2.35. The fraction of sp³-hybridized carbons (Fsp3) is 0.300. The Morgan fingerprint density at radius 3 is 2.62 bits per heavy atom. The molecule has 3 rings (SSSR count). The second-order valence-electron chi connectivity index (χ2n) is 6.48. The van der Waals surface area contributed by atoms with Gasteiger partial charge in [-0.2, -0.15) is 0 Å². The molecule has 6 nitrogen and oxygen atoms in total. The Morgan fingerprint density at radius 2 is 1.96 bits per heavy atom. The Labute approximate surface area is 150 Å². The third-order valence-corrected chi connectivity index (χ3v) is 4.14. The second-order valence-corrected chi connectivity index (χ2v) is 6.48. The molecule has 2 aromatic rings. The summed E-state index contributed by atoms with van der Waals surface area (Å²) in [5.74, 6) is 1.47. The van der Waals surface area contributed by atoms with Crippen LogP contribution in [-0.2, 0) is 9.53 Å². The molecule has 1 aromatic heterocycles. The maximum absolute atomic E-state index is 11.8. The van der Waals surface area contributed by atoms with Crippen LogP contribution in [0.15, 0.2) is 57.0 Å². The van der Waals surface area contributed by atoms with E-state index in [1.165, 1.54) is 12.1 Å². The van der Waals surface area contributed by atoms with E-state index in [4.69, 9.17) is 18.6 Å². The Morgan fingerprint density at radius 1 is 1.19 bits per heavy atom. The van der Waals surface area contributed by atoms with Gasteiger partial charge in [-0.05, 0) is 44.6 Å². The minimum Gasteiger partial charge on any atom is -0.493 e. The van der Waals surface area contributed by atoms with Gasteiger partial charge in [0, 0.05) is 23.6 Å². The lowest BCUT2D eigenvalue weighted by Crippen LogP contribution is -2.27. The third-order valence-electron chi connectivity index (χ3n) is 4.14. The Hall–Kier alpha value is -3.02. The quantitative estimate of drug-likeness (QED) is 0.765. The SMILES string of the molecule is COc1cc2ccc(=O)oc2cc1OC/C=C(\C)C1=CC(=O)C(C)(C)O1. The van der Waals surface area contributed by atoms with Crippen molar-refractivity contribution in [2.75, 3.05) is 13.7 Å². The highest BCUT2D eigenvalue weighted by molar-refractivity contribution is 5.99. The number of benzene rings is 1. The molecule has 0 amide bonds. The van der Waals surface area contributed by atoms with Crippen LogP contribution in [0.5, 0.6) is 11.5 Å². The zero-order valence-corrected chi connectivity index (χ0v) is 15.1. The number of ketones is 1. The molecule has 0 spiro atoms. The van der Waals surface area contributed by atoms with E-state index in [0.717, 1.165) is 11.0 Å². The van der Waals surface area contributed by atoms with Crippen molar-refractivity contribution in [3.05, 3.63) is 58.2 Å². The molecule has 0 saturated carbocycles. The minimum atomic E-state index is -0.829. The van der Waals surface area contributed by atoms with Gasteiger partial charge in [-0.1, -0.05) is 0 Å². The Bertz CT molecular complexity index is 977. The first kappa shape index (κ1) is 17.8. The summed E-state index contributed by atoms with van der Waals surface area (Å²) < 4.78 is 21.9. The van der Waals surface area contributed by atoms with E-state index in [2.05, 4.69) is 0 Å². The van der Waals surface area contributed by atoms with Crippen LogP contribution in [-0.4, -0.2) is 25.1 Å². The van der Waals surface area contributed by atoms with Crippen LogP contribution in [0.25, 0.3) is 11.0 Å². The summed E-state index contributed by atoms with van der Waals surface area (Å²) in [5, 5.41) is 0.741. The van der Waals surface area contributed by atoms with Crippen molar-refractivity contribution in [2.24, 2.45) is 0 Å². The lowest BCUT2D eigenvalue weighted by atomic mass is 10.1. The molecule has 136 valence electrons. The number of ether oxygens (including phenoxy) is 3. The maximum atomic E-state index is 11.8. The topological polar surface area (TPSA) is 75.0 Å². The summed E-state index contributed by atoms with van der Waals surface area (Å²) in [4.78, 5) is 23.2. The van der Waals surface area contributed by atoms with Gasteiger partial charge in [-0.3, -0.25) is 4.79 Å². The summed E-state index contributed by atoms with van der Waals surface area (Å²) in [6, 6.07) is 6.39. The van der Waals surface area contributed by atoms with E-state index in [9.17, 15) is 9.59 Å². The summed E-state index contributed by atoms with van der Waals surface area (Å²) in [7, 11) is 1.54. The van der Waals surface area contributed by atoms with Crippen molar-refractivity contribution in [1.82, 2.24) is 0 Å². The smallest absolute Gasteiger partial charge is 0.336 e. The predicted octanol–water partition coefficient (Wildman–Crippen LogP) is 3.39. The van der Waals surface area contributed by atoms with E-state index in [1.807, 2.05) is 13.0 Å². The van der Waals surface area contributed by atoms with Crippen LogP contribution < -0.4 is 15.1 Å². The molecule has 0 atom stereocenters. The normalized spacial score (nSPS) is 16.4. The van der Waals surface area contributed by atoms with Crippen LogP contribution in [0.2, 0.25) is 0 Å². The molecule has 0 bridgehead atoms. The molecule has 0 N–H and O–H groups in total. The van der Waals surface area contributed by atoms with Crippen LogP contribution in [0, 0.1) is 0 Å². The van der Waals surface area contributed by atoms with Crippen LogP contribution in [0.1, 0.15) is 20.8 Å². The van der Waals surface area contributed by atoms with E-state index in [-0.39, 0.29) is 12.4 Å². The molecule has 1 aliphatic heterocycles. The van der Waals surface area contributed by atoms with Gasteiger partial charge in [0.1, 0.15) is 17.9 Å². The number of fused-ring (bicyclic) bond motifs is 1. The summed E-state index contributed by atoms with van der Waals surface area (Å²) in [6.45, 7) is 5.55. The number of hydrogen-bond donors (Lipinski definition) is 0. The number of rotatable bonds is 5. The molecule has 6 heteroatoms. The largest absolute Gasteiger partial charge is 0.493 e. The van der Waals surface area contributed by atoms with Gasteiger partial charge >= 0.3 is 5.63 Å². The van der Waals surface area contributed by atoms with Crippen molar-refractivity contribution in [2.45, 2.75) is 26.4 Å². The van der Waals surface area contributed by atoms with Gasteiger partial charge in [0.05, 0.1) is 7.11 Å². The molecule has 0 fully saturated rings. The van der Waals surface area contributed by atoms with Crippen molar-refractivity contribution in [3.8, 4) is 11.5 Å². The highest BCUT2D eigenvalue weighted by Crippen LogP contribution is 2.32. The number of carbonyl (C=O) groups excluding carboxylic acids is 1. The van der Waals surface area contributed by atoms with E-state index >= 15 is 0 Å². The second kappa shape index (κ2) is 6.71. The molecule has 1 aliphatic rings. The standard InChI is InChI=1S/C20H20O6/c1-12(14-11-18(21)20(2,3)26-14)7-8-24-17-10-15-13(9-16(17)23-4)5-6-19(22)25-15/h5-7,9-11H,8H2,1-4H3/b12-7+. The summed E-state index contributed by atoms with van der Waals surface area (Å²) in [6.07, 6.45) is 3.31. The molecule has 2 heterocycles. The maximum Gasteiger partial charge on any atom is 0.336 e. The van der Waals surface area contributed by atoms with Crippen molar-refractivity contribution < 1.29 is 23.4 Å². The average molecular weight is 356 g/mol. The fourth-order valence-electron chi connectivity index (χ4n) is 2.55. The fourth-order valence-corrected chi connectivity index (χ4v) is 2.55. The zero-order valence-electron chi connectivity index (χ0n) is 15.1. The number of hydrogen-bond acceptors (Lipinski definition) is 6. The first-order chi connectivity index (χ1) is 12.3.